The maximum Gasteiger partial charge on any atom is 0.139 e. The summed E-state index contributed by atoms with van der Waals surface area (Å²) in [6, 6.07) is 20.2. The minimum absolute atomic E-state index is 0.884. The van der Waals surface area contributed by atoms with Gasteiger partial charge in [-0.3, -0.25) is 4.98 Å². The molecule has 19 heavy (non-hydrogen) atoms. The van der Waals surface area contributed by atoms with Gasteiger partial charge in [-0.15, -0.1) is 0 Å². The molecule has 0 unspecified atom stereocenters. The number of furan rings is 1. The second kappa shape index (κ2) is 3.95. The van der Waals surface area contributed by atoms with Crippen LogP contribution in [0.4, 0.5) is 0 Å². The summed E-state index contributed by atoms with van der Waals surface area (Å²) in [5.74, 6) is 0. The molecule has 2 aromatic carbocycles. The Morgan fingerprint density at radius 3 is 2.42 bits per heavy atom. The fourth-order valence-electron chi connectivity index (χ4n) is 2.39. The van der Waals surface area contributed by atoms with E-state index >= 15 is 0 Å². The van der Waals surface area contributed by atoms with E-state index in [4.69, 9.17) is 4.42 Å². The molecule has 0 amide bonds. The Kier molecular flexibility index (Phi) is 2.15. The van der Waals surface area contributed by atoms with Gasteiger partial charge in [-0.1, -0.05) is 48.5 Å². The molecule has 0 bridgehead atoms. The molecule has 0 atom stereocenters. The van der Waals surface area contributed by atoms with Gasteiger partial charge in [0.25, 0.3) is 0 Å². The van der Waals surface area contributed by atoms with E-state index in [-0.39, 0.29) is 0 Å². The largest absolute Gasteiger partial charge is 0.456 e. The first-order valence-electron chi connectivity index (χ1n) is 6.24. The van der Waals surface area contributed by atoms with Crippen LogP contribution < -0.4 is 0 Å². The Balaban J connectivity index is 1.99. The second-order valence-corrected chi connectivity index (χ2v) is 4.53. The Hall–Kier alpha value is -2.61. The lowest BCUT2D eigenvalue weighted by atomic mass is 10.1. The fraction of sp³-hybridized carbons (Fsp3) is 0. The van der Waals surface area contributed by atoms with Crippen LogP contribution in [0.1, 0.15) is 0 Å². The summed E-state index contributed by atoms with van der Waals surface area (Å²) in [5.41, 5.74) is 3.83. The van der Waals surface area contributed by atoms with Crippen molar-refractivity contribution in [2.45, 2.75) is 0 Å². The molecule has 0 N–H and O–H groups in total. The predicted octanol–water partition coefficient (Wildman–Crippen LogP) is 4.65. The van der Waals surface area contributed by atoms with Gasteiger partial charge in [0.05, 0.1) is 5.69 Å². The van der Waals surface area contributed by atoms with E-state index < -0.39 is 0 Å². The molecule has 90 valence electrons. The highest BCUT2D eigenvalue weighted by Gasteiger charge is 2.08. The summed E-state index contributed by atoms with van der Waals surface area (Å²) in [5, 5.41) is 2.18. The van der Waals surface area contributed by atoms with E-state index in [1.54, 1.807) is 0 Å². The molecule has 0 radical (unpaired) electrons. The number of benzene rings is 2. The zero-order valence-electron chi connectivity index (χ0n) is 10.2. The predicted molar refractivity (Wildman–Crippen MR) is 77.0 cm³/mol. The van der Waals surface area contributed by atoms with Crippen LogP contribution in [0.2, 0.25) is 0 Å². The van der Waals surface area contributed by atoms with E-state index in [0.29, 0.717) is 0 Å². The maximum absolute atomic E-state index is 5.87. The van der Waals surface area contributed by atoms with Crippen molar-refractivity contribution in [1.29, 1.82) is 0 Å². The molecular formula is C17H11NO. The van der Waals surface area contributed by atoms with Crippen molar-refractivity contribution in [2.24, 2.45) is 0 Å². The van der Waals surface area contributed by atoms with Gasteiger partial charge in [-0.2, -0.15) is 0 Å². The molecule has 2 nitrogen and oxygen atoms in total. The lowest BCUT2D eigenvalue weighted by Gasteiger charge is -1.99. The molecule has 4 rings (SSSR count). The van der Waals surface area contributed by atoms with Crippen molar-refractivity contribution in [2.75, 3.05) is 0 Å². The Bertz CT molecular complexity index is 862. The number of rotatable bonds is 1. The number of hydrogen-bond acceptors (Lipinski definition) is 2. The number of aromatic nitrogens is 1. The number of nitrogens with zero attached hydrogens (tertiary/aromatic N) is 1. The minimum Gasteiger partial charge on any atom is -0.456 e. The molecule has 0 aliphatic rings. The van der Waals surface area contributed by atoms with Gasteiger partial charge in [0.15, 0.2) is 0 Å². The highest BCUT2D eigenvalue weighted by molar-refractivity contribution is 6.05. The van der Waals surface area contributed by atoms with Crippen LogP contribution in [-0.2, 0) is 0 Å². The van der Waals surface area contributed by atoms with Gasteiger partial charge in [0.2, 0.25) is 0 Å². The highest BCUT2D eigenvalue weighted by atomic mass is 16.3. The summed E-state index contributed by atoms with van der Waals surface area (Å²) >= 11 is 0. The summed E-state index contributed by atoms with van der Waals surface area (Å²) < 4.78 is 5.87. The summed E-state index contributed by atoms with van der Waals surface area (Å²) in [4.78, 5) is 4.54. The van der Waals surface area contributed by atoms with E-state index in [2.05, 4.69) is 23.2 Å². The lowest BCUT2D eigenvalue weighted by Crippen LogP contribution is -1.81. The van der Waals surface area contributed by atoms with Gasteiger partial charge < -0.3 is 4.42 Å². The third-order valence-corrected chi connectivity index (χ3v) is 3.33. The van der Waals surface area contributed by atoms with Crippen LogP contribution in [-0.4, -0.2) is 4.98 Å². The summed E-state index contributed by atoms with van der Waals surface area (Å²) in [7, 11) is 0. The normalized spacial score (nSPS) is 11.2. The fourth-order valence-corrected chi connectivity index (χ4v) is 2.39. The van der Waals surface area contributed by atoms with Gasteiger partial charge in [-0.25, -0.2) is 0 Å². The highest BCUT2D eigenvalue weighted by Crippen LogP contribution is 2.30. The van der Waals surface area contributed by atoms with Crippen LogP contribution in [0.15, 0.2) is 71.3 Å². The summed E-state index contributed by atoms with van der Waals surface area (Å²) in [6.45, 7) is 0. The zero-order valence-corrected chi connectivity index (χ0v) is 10.2. The number of hydrogen-bond donors (Lipinski definition) is 0. The molecule has 0 saturated carbocycles. The van der Waals surface area contributed by atoms with E-state index in [9.17, 15) is 0 Å². The maximum atomic E-state index is 5.87. The SMILES string of the molecule is c1ccc(-c2cc3oc4ccccc4c3cn2)cc1. The van der Waals surface area contributed by atoms with E-state index in [0.717, 1.165) is 33.2 Å². The molecule has 0 aliphatic heterocycles. The van der Waals surface area contributed by atoms with Gasteiger partial charge >= 0.3 is 0 Å². The van der Waals surface area contributed by atoms with Crippen molar-refractivity contribution in [3.63, 3.8) is 0 Å². The first-order valence-corrected chi connectivity index (χ1v) is 6.24. The first kappa shape index (κ1) is 10.3. The third kappa shape index (κ3) is 1.61. The van der Waals surface area contributed by atoms with Crippen molar-refractivity contribution < 1.29 is 4.42 Å². The average Bonchev–Trinajstić information content (AvgIpc) is 2.86. The van der Waals surface area contributed by atoms with Crippen LogP contribution in [0.5, 0.6) is 0 Å². The number of para-hydroxylation sites is 1. The second-order valence-electron chi connectivity index (χ2n) is 4.53. The van der Waals surface area contributed by atoms with Crippen LogP contribution >= 0.6 is 0 Å². The van der Waals surface area contributed by atoms with Crippen LogP contribution in [0, 0.1) is 0 Å². The average molecular weight is 245 g/mol. The van der Waals surface area contributed by atoms with E-state index in [1.807, 2.05) is 48.7 Å². The van der Waals surface area contributed by atoms with Crippen LogP contribution in [0.3, 0.4) is 0 Å². The molecule has 2 heteroatoms. The first-order chi connectivity index (χ1) is 9.42. The molecule has 0 aliphatic carbocycles. The van der Waals surface area contributed by atoms with Crippen molar-refractivity contribution in [1.82, 2.24) is 4.98 Å². The standard InChI is InChI=1S/C17H11NO/c1-2-6-12(7-3-1)15-10-17-14(11-18-15)13-8-4-5-9-16(13)19-17/h1-11H. The van der Waals surface area contributed by atoms with Crippen LogP contribution in [0.25, 0.3) is 33.2 Å². The van der Waals surface area contributed by atoms with Crippen molar-refractivity contribution in [3.05, 3.63) is 66.9 Å². The van der Waals surface area contributed by atoms with E-state index in [1.165, 1.54) is 0 Å². The quantitative estimate of drug-likeness (QED) is 0.488. The molecular weight excluding hydrogens is 234 g/mol. The molecule has 0 spiro atoms. The molecule has 2 aromatic heterocycles. The zero-order chi connectivity index (χ0) is 12.7. The van der Waals surface area contributed by atoms with Crippen molar-refractivity contribution in [3.8, 4) is 11.3 Å². The Morgan fingerprint density at radius 2 is 1.53 bits per heavy atom. The van der Waals surface area contributed by atoms with Gasteiger partial charge in [-0.05, 0) is 6.07 Å². The molecule has 0 saturated heterocycles. The smallest absolute Gasteiger partial charge is 0.139 e. The van der Waals surface area contributed by atoms with Gasteiger partial charge in [0.1, 0.15) is 11.2 Å². The Labute approximate surface area is 110 Å². The topological polar surface area (TPSA) is 26.0 Å². The monoisotopic (exact) mass is 245 g/mol. The summed E-state index contributed by atoms with van der Waals surface area (Å²) in [6.07, 6.45) is 1.89. The third-order valence-electron chi connectivity index (χ3n) is 3.33. The minimum atomic E-state index is 0.884. The number of pyridine rings is 1. The lowest BCUT2D eigenvalue weighted by molar-refractivity contribution is 0.668. The van der Waals surface area contributed by atoms with Gasteiger partial charge in [0, 0.05) is 28.6 Å². The molecule has 4 aromatic rings. The molecule has 2 heterocycles. The molecule has 0 fully saturated rings. The Morgan fingerprint density at radius 1 is 0.737 bits per heavy atom. The van der Waals surface area contributed by atoms with Crippen molar-refractivity contribution >= 4 is 21.9 Å². The number of fused-ring (bicyclic) bond motifs is 3.